The van der Waals surface area contributed by atoms with Gasteiger partial charge in [-0.1, -0.05) is 63.2 Å². The smallest absolute Gasteiger partial charge is 0.188 e. The van der Waals surface area contributed by atoms with E-state index >= 15 is 0 Å². The number of aryl methyl sites for hydroxylation is 3. The average Bonchev–Trinajstić information content (AvgIpc) is 2.71. The molecule has 3 rings (SSSR count). The topological polar surface area (TPSA) is 30.8 Å². The van der Waals surface area contributed by atoms with Crippen LogP contribution >= 0.6 is 8.58 Å². The molecule has 0 saturated carbocycles. The minimum atomic E-state index is 0.244. The molecule has 0 heterocycles. The van der Waals surface area contributed by atoms with Crippen LogP contribution < -0.4 is 15.3 Å². The molecule has 0 amide bonds. The number of aliphatic imine (C=N–C) groups is 1. The maximum absolute atomic E-state index is 5.95. The van der Waals surface area contributed by atoms with E-state index in [-0.39, 0.29) is 6.79 Å². The van der Waals surface area contributed by atoms with Crippen molar-refractivity contribution in [3.63, 3.8) is 0 Å². The summed E-state index contributed by atoms with van der Waals surface area (Å²) in [6.45, 7) is 6.63. The number of rotatable bonds is 7. The summed E-state index contributed by atoms with van der Waals surface area (Å²) in [5.74, 6) is 0.916. The zero-order valence-corrected chi connectivity index (χ0v) is 18.7. The third-order valence-corrected chi connectivity index (χ3v) is 6.35. The molecule has 0 bridgehead atoms. The highest BCUT2D eigenvalue weighted by molar-refractivity contribution is 7.56. The molecule has 1 unspecified atom stereocenters. The molecule has 0 saturated heterocycles. The van der Waals surface area contributed by atoms with E-state index in [9.17, 15) is 0 Å². The van der Waals surface area contributed by atoms with Crippen molar-refractivity contribution in [2.24, 2.45) is 4.99 Å². The van der Waals surface area contributed by atoms with Crippen molar-refractivity contribution < 1.29 is 9.47 Å². The van der Waals surface area contributed by atoms with Crippen LogP contribution in [0.3, 0.4) is 0 Å². The lowest BCUT2D eigenvalue weighted by atomic mass is 10.0. The Morgan fingerprint density at radius 1 is 0.931 bits per heavy atom. The van der Waals surface area contributed by atoms with Gasteiger partial charge in [0.25, 0.3) is 0 Å². The zero-order valence-electron chi connectivity index (χ0n) is 17.7. The molecule has 0 radical (unpaired) electrons. The van der Waals surface area contributed by atoms with Gasteiger partial charge in [-0.2, -0.15) is 0 Å². The van der Waals surface area contributed by atoms with Crippen LogP contribution in [0.1, 0.15) is 27.8 Å². The van der Waals surface area contributed by atoms with E-state index in [1.165, 1.54) is 27.3 Å². The lowest BCUT2D eigenvalue weighted by Crippen LogP contribution is -2.20. The van der Waals surface area contributed by atoms with Crippen molar-refractivity contribution in [1.82, 2.24) is 0 Å². The molecule has 0 aliphatic heterocycles. The monoisotopic (exact) mass is 405 g/mol. The average molecular weight is 405 g/mol. The van der Waals surface area contributed by atoms with Gasteiger partial charge in [0.2, 0.25) is 0 Å². The van der Waals surface area contributed by atoms with Crippen molar-refractivity contribution >= 4 is 24.9 Å². The standard InChI is InChI=1S/C25H28NO2P/c1-17-14-19(3)24(28-16-27-5)22(15-17)29-25-18(2)10-9-13-21(25)23(26-4)20-11-7-6-8-12-20/h6-15,29H,16H2,1-5H3/b26-23+. The van der Waals surface area contributed by atoms with Gasteiger partial charge in [-0.3, -0.25) is 4.99 Å². The largest absolute Gasteiger partial charge is 0.467 e. The van der Waals surface area contributed by atoms with E-state index < -0.39 is 0 Å². The van der Waals surface area contributed by atoms with Crippen LogP contribution in [0.15, 0.2) is 65.7 Å². The summed E-state index contributed by atoms with van der Waals surface area (Å²) in [6, 6.07) is 21.2. The minimum Gasteiger partial charge on any atom is -0.467 e. The first-order chi connectivity index (χ1) is 14.0. The molecule has 150 valence electrons. The molecular formula is C25H28NO2P. The Labute approximate surface area is 175 Å². The highest BCUT2D eigenvalue weighted by atomic mass is 31.1. The Morgan fingerprint density at radius 3 is 2.38 bits per heavy atom. The van der Waals surface area contributed by atoms with E-state index in [1.54, 1.807) is 7.11 Å². The number of hydrogen-bond donors (Lipinski definition) is 0. The van der Waals surface area contributed by atoms with Crippen LogP contribution in [0.4, 0.5) is 0 Å². The second-order valence-electron chi connectivity index (χ2n) is 7.07. The fourth-order valence-electron chi connectivity index (χ4n) is 3.52. The molecule has 29 heavy (non-hydrogen) atoms. The third-order valence-electron chi connectivity index (χ3n) is 4.80. The number of nitrogens with zero attached hydrogens (tertiary/aromatic N) is 1. The fraction of sp³-hybridized carbons (Fsp3) is 0.240. The van der Waals surface area contributed by atoms with Gasteiger partial charge < -0.3 is 9.47 Å². The Hall–Kier alpha value is -2.48. The van der Waals surface area contributed by atoms with Gasteiger partial charge in [0, 0.05) is 30.6 Å². The predicted molar refractivity (Wildman–Crippen MR) is 125 cm³/mol. The van der Waals surface area contributed by atoms with Gasteiger partial charge in [-0.15, -0.1) is 0 Å². The maximum atomic E-state index is 5.95. The molecule has 4 heteroatoms. The number of methoxy groups -OCH3 is 1. The van der Waals surface area contributed by atoms with Crippen molar-refractivity contribution in [2.75, 3.05) is 21.0 Å². The van der Waals surface area contributed by atoms with Gasteiger partial charge in [0.05, 0.1) is 5.71 Å². The molecule has 1 atom stereocenters. The molecule has 0 N–H and O–H groups in total. The minimum absolute atomic E-state index is 0.244. The Bertz CT molecular complexity index is 1010. The molecular weight excluding hydrogens is 377 g/mol. The van der Waals surface area contributed by atoms with Crippen LogP contribution in [0.2, 0.25) is 0 Å². The van der Waals surface area contributed by atoms with Crippen LogP contribution in [0.25, 0.3) is 0 Å². The van der Waals surface area contributed by atoms with Gasteiger partial charge in [0.15, 0.2) is 6.79 Å². The van der Waals surface area contributed by atoms with E-state index in [0.29, 0.717) is 8.58 Å². The fourth-order valence-corrected chi connectivity index (χ4v) is 5.09. The second-order valence-corrected chi connectivity index (χ2v) is 8.36. The van der Waals surface area contributed by atoms with Crippen molar-refractivity contribution in [1.29, 1.82) is 0 Å². The van der Waals surface area contributed by atoms with Crippen LogP contribution in [-0.2, 0) is 4.74 Å². The normalized spacial score (nSPS) is 12.0. The van der Waals surface area contributed by atoms with Crippen molar-refractivity contribution in [3.8, 4) is 5.75 Å². The number of ether oxygens (including phenoxy) is 2. The summed E-state index contributed by atoms with van der Waals surface area (Å²) in [5.41, 5.74) is 6.94. The van der Waals surface area contributed by atoms with Crippen molar-refractivity contribution in [3.05, 3.63) is 88.5 Å². The molecule has 3 aromatic rings. The quantitative estimate of drug-likeness (QED) is 0.324. The van der Waals surface area contributed by atoms with E-state index in [0.717, 1.165) is 22.6 Å². The van der Waals surface area contributed by atoms with Crippen molar-refractivity contribution in [2.45, 2.75) is 20.8 Å². The number of hydrogen-bond acceptors (Lipinski definition) is 3. The van der Waals surface area contributed by atoms with E-state index in [4.69, 9.17) is 9.47 Å². The molecule has 0 aliphatic carbocycles. The third kappa shape index (κ3) is 4.93. The van der Waals surface area contributed by atoms with Gasteiger partial charge >= 0.3 is 0 Å². The van der Waals surface area contributed by atoms with Crippen LogP contribution in [0.5, 0.6) is 5.75 Å². The summed E-state index contributed by atoms with van der Waals surface area (Å²) in [4.78, 5) is 4.65. The summed E-state index contributed by atoms with van der Waals surface area (Å²) in [6.07, 6.45) is 0. The van der Waals surface area contributed by atoms with Gasteiger partial charge in [-0.05, 0) is 48.8 Å². The Morgan fingerprint density at radius 2 is 1.69 bits per heavy atom. The molecule has 0 aromatic heterocycles. The molecule has 3 aromatic carbocycles. The first-order valence-electron chi connectivity index (χ1n) is 9.67. The summed E-state index contributed by atoms with van der Waals surface area (Å²) in [5, 5.41) is 2.49. The van der Waals surface area contributed by atoms with Gasteiger partial charge in [-0.25, -0.2) is 0 Å². The Kier molecular flexibility index (Phi) is 7.19. The lowest BCUT2D eigenvalue weighted by Gasteiger charge is -2.19. The lowest BCUT2D eigenvalue weighted by molar-refractivity contribution is 0.0514. The molecule has 3 nitrogen and oxygen atoms in total. The molecule has 0 fully saturated rings. The predicted octanol–water partition coefficient (Wildman–Crippen LogP) is 4.69. The second kappa shape index (κ2) is 9.82. The van der Waals surface area contributed by atoms with E-state index in [1.807, 2.05) is 13.1 Å². The first-order valence-corrected chi connectivity index (χ1v) is 10.7. The summed E-state index contributed by atoms with van der Waals surface area (Å²) < 4.78 is 11.1. The van der Waals surface area contributed by atoms with E-state index in [2.05, 4.69) is 80.4 Å². The van der Waals surface area contributed by atoms with Crippen LogP contribution in [-0.4, -0.2) is 26.7 Å². The van der Waals surface area contributed by atoms with Crippen LogP contribution in [0, 0.1) is 20.8 Å². The maximum Gasteiger partial charge on any atom is 0.188 e. The highest BCUT2D eigenvalue weighted by Crippen LogP contribution is 2.28. The first kappa shape index (κ1) is 21.2. The molecule has 0 spiro atoms. The number of benzene rings is 3. The summed E-state index contributed by atoms with van der Waals surface area (Å²) in [7, 11) is 3.97. The van der Waals surface area contributed by atoms with Gasteiger partial charge in [0.1, 0.15) is 5.75 Å². The summed E-state index contributed by atoms with van der Waals surface area (Å²) >= 11 is 0. The zero-order chi connectivity index (χ0) is 20.8. The highest BCUT2D eigenvalue weighted by Gasteiger charge is 2.17. The Balaban J connectivity index is 2.10. The SMILES string of the molecule is C/N=C(\c1ccccc1)c1cccc(C)c1Pc1cc(C)cc(C)c1OCOC. The molecule has 0 aliphatic rings.